The van der Waals surface area contributed by atoms with Gasteiger partial charge in [0.25, 0.3) is 0 Å². The Hall–Kier alpha value is -0.440. The fourth-order valence-corrected chi connectivity index (χ4v) is 4.34. The fraction of sp³-hybridized carbons (Fsp3) is 0.647. The molecule has 1 aliphatic heterocycles. The van der Waals surface area contributed by atoms with Crippen molar-refractivity contribution >= 4 is 23.2 Å². The highest BCUT2D eigenvalue weighted by Crippen LogP contribution is 2.36. The van der Waals surface area contributed by atoms with Gasteiger partial charge in [0.2, 0.25) is 0 Å². The number of hydrogen-bond acceptors (Lipinski definition) is 2. The van der Waals surface area contributed by atoms with Crippen LogP contribution in [0.4, 0.5) is 0 Å². The molecule has 1 saturated heterocycles. The monoisotopic (exact) mass is 327 g/mol. The van der Waals surface area contributed by atoms with E-state index in [4.69, 9.17) is 27.9 Å². The third-order valence-electron chi connectivity index (χ3n) is 4.90. The van der Waals surface area contributed by atoms with Crippen molar-refractivity contribution in [1.82, 2.24) is 4.90 Å². The van der Waals surface area contributed by atoms with E-state index in [1.54, 1.807) is 0 Å². The number of hydrogen-bond donors (Lipinski definition) is 0. The second kappa shape index (κ2) is 7.21. The van der Waals surface area contributed by atoms with Gasteiger partial charge in [-0.2, -0.15) is 0 Å². The van der Waals surface area contributed by atoms with E-state index in [0.29, 0.717) is 28.6 Å². The minimum absolute atomic E-state index is 0.593. The van der Waals surface area contributed by atoms with Crippen molar-refractivity contribution in [1.29, 1.82) is 0 Å². The fourth-order valence-electron chi connectivity index (χ4n) is 3.83. The summed E-state index contributed by atoms with van der Waals surface area (Å²) in [6.45, 7) is 1.73. The van der Waals surface area contributed by atoms with Crippen LogP contribution < -0.4 is 4.74 Å². The number of rotatable bonds is 4. The number of nitrogens with zero attached hydrogens (tertiary/aromatic N) is 1. The number of ether oxygens (including phenoxy) is 1. The molecule has 2 fully saturated rings. The van der Waals surface area contributed by atoms with Crippen LogP contribution in [0.1, 0.15) is 44.9 Å². The van der Waals surface area contributed by atoms with Gasteiger partial charge in [-0.15, -0.1) is 0 Å². The molecule has 116 valence electrons. The summed E-state index contributed by atoms with van der Waals surface area (Å²) in [7, 11) is 0. The van der Waals surface area contributed by atoms with Gasteiger partial charge in [0, 0.05) is 12.6 Å². The molecule has 1 atom stereocenters. The maximum Gasteiger partial charge on any atom is 0.158 e. The van der Waals surface area contributed by atoms with Gasteiger partial charge in [-0.25, -0.2) is 0 Å². The van der Waals surface area contributed by atoms with Crippen LogP contribution in [-0.2, 0) is 0 Å². The van der Waals surface area contributed by atoms with E-state index in [-0.39, 0.29) is 0 Å². The quantitative estimate of drug-likeness (QED) is 0.736. The van der Waals surface area contributed by atoms with E-state index < -0.39 is 0 Å². The first kappa shape index (κ1) is 15.5. The summed E-state index contributed by atoms with van der Waals surface area (Å²) in [6.07, 6.45) is 9.56. The van der Waals surface area contributed by atoms with E-state index in [0.717, 1.165) is 12.5 Å². The molecule has 0 bridgehead atoms. The number of halogens is 2. The van der Waals surface area contributed by atoms with Crippen LogP contribution >= 0.6 is 23.2 Å². The Morgan fingerprint density at radius 2 is 1.71 bits per heavy atom. The summed E-state index contributed by atoms with van der Waals surface area (Å²) in [5, 5.41) is 1.19. The van der Waals surface area contributed by atoms with E-state index in [9.17, 15) is 0 Å². The van der Waals surface area contributed by atoms with Crippen molar-refractivity contribution in [2.45, 2.75) is 51.0 Å². The van der Waals surface area contributed by atoms with Crippen LogP contribution in [0.25, 0.3) is 0 Å². The zero-order chi connectivity index (χ0) is 14.7. The second-order valence-electron chi connectivity index (χ2n) is 6.24. The summed E-state index contributed by atoms with van der Waals surface area (Å²) in [6, 6.07) is 6.18. The molecule has 2 nitrogen and oxygen atoms in total. The predicted molar refractivity (Wildman–Crippen MR) is 88.3 cm³/mol. The molecule has 0 radical (unpaired) electrons. The number of para-hydroxylation sites is 1. The van der Waals surface area contributed by atoms with Crippen molar-refractivity contribution in [3.05, 3.63) is 28.2 Å². The van der Waals surface area contributed by atoms with Crippen LogP contribution in [0.15, 0.2) is 18.2 Å². The highest BCUT2D eigenvalue weighted by molar-refractivity contribution is 6.37. The molecular formula is C17H23Cl2NO. The molecule has 2 aliphatic rings. The summed E-state index contributed by atoms with van der Waals surface area (Å²) in [4.78, 5) is 2.48. The van der Waals surface area contributed by atoms with Gasteiger partial charge < -0.3 is 4.74 Å². The lowest BCUT2D eigenvalue weighted by molar-refractivity contribution is 0.0758. The maximum absolute atomic E-state index is 6.17. The van der Waals surface area contributed by atoms with E-state index in [1.807, 2.05) is 18.2 Å². The molecule has 0 aromatic heterocycles. The Labute approximate surface area is 137 Å². The average Bonchev–Trinajstić information content (AvgIpc) is 2.96. The van der Waals surface area contributed by atoms with Gasteiger partial charge in [0.05, 0.1) is 10.0 Å². The molecule has 1 aliphatic carbocycles. The van der Waals surface area contributed by atoms with Gasteiger partial charge in [-0.1, -0.05) is 48.5 Å². The van der Waals surface area contributed by atoms with Crippen LogP contribution in [0.3, 0.4) is 0 Å². The van der Waals surface area contributed by atoms with Crippen molar-refractivity contribution in [3.8, 4) is 5.75 Å². The third-order valence-corrected chi connectivity index (χ3v) is 5.50. The smallest absolute Gasteiger partial charge is 0.158 e. The van der Waals surface area contributed by atoms with Gasteiger partial charge >= 0.3 is 0 Å². The molecule has 1 heterocycles. The molecule has 21 heavy (non-hydrogen) atoms. The van der Waals surface area contributed by atoms with Gasteiger partial charge in [0.15, 0.2) is 5.75 Å². The molecule has 0 spiro atoms. The topological polar surface area (TPSA) is 12.5 Å². The highest BCUT2D eigenvalue weighted by Gasteiger charge is 2.32. The Kier molecular flexibility index (Phi) is 5.31. The first-order chi connectivity index (χ1) is 10.3. The average molecular weight is 328 g/mol. The normalized spacial score (nSPS) is 24.4. The first-order valence-electron chi connectivity index (χ1n) is 8.06. The Morgan fingerprint density at radius 1 is 1.00 bits per heavy atom. The SMILES string of the molecule is Clc1cccc(Cl)c1OCN1CCCC1C1CCCCC1. The molecule has 0 N–H and O–H groups in total. The van der Waals surface area contributed by atoms with Gasteiger partial charge in [0.1, 0.15) is 6.73 Å². The zero-order valence-corrected chi connectivity index (χ0v) is 13.9. The van der Waals surface area contributed by atoms with Gasteiger partial charge in [-0.3, -0.25) is 4.90 Å². The molecule has 0 amide bonds. The van der Waals surface area contributed by atoms with Crippen LogP contribution in [-0.4, -0.2) is 24.2 Å². The maximum atomic E-state index is 6.17. The van der Waals surface area contributed by atoms with Crippen LogP contribution in [0, 0.1) is 5.92 Å². The predicted octanol–water partition coefficient (Wildman–Crippen LogP) is 5.37. The van der Waals surface area contributed by atoms with E-state index in [2.05, 4.69) is 4.90 Å². The van der Waals surface area contributed by atoms with Crippen molar-refractivity contribution in [2.75, 3.05) is 13.3 Å². The van der Waals surface area contributed by atoms with Crippen LogP contribution in [0.2, 0.25) is 10.0 Å². The number of benzene rings is 1. The highest BCUT2D eigenvalue weighted by atomic mass is 35.5. The molecular weight excluding hydrogens is 305 g/mol. The minimum Gasteiger partial charge on any atom is -0.475 e. The summed E-state index contributed by atoms with van der Waals surface area (Å²) in [5.41, 5.74) is 0. The zero-order valence-electron chi connectivity index (χ0n) is 12.4. The molecule has 1 aromatic rings. The summed E-state index contributed by atoms with van der Waals surface area (Å²) in [5.74, 6) is 1.47. The Bertz CT molecular complexity index is 454. The Balaban J connectivity index is 1.61. The lowest BCUT2D eigenvalue weighted by Gasteiger charge is -2.33. The first-order valence-corrected chi connectivity index (χ1v) is 8.82. The number of likely N-dealkylation sites (tertiary alicyclic amines) is 1. The lowest BCUT2D eigenvalue weighted by atomic mass is 9.83. The van der Waals surface area contributed by atoms with Gasteiger partial charge in [-0.05, 0) is 43.7 Å². The lowest BCUT2D eigenvalue weighted by Crippen LogP contribution is -2.39. The van der Waals surface area contributed by atoms with Crippen molar-refractivity contribution < 1.29 is 4.74 Å². The molecule has 1 unspecified atom stereocenters. The third kappa shape index (κ3) is 3.67. The molecule has 4 heteroatoms. The summed E-state index contributed by atoms with van der Waals surface area (Å²) >= 11 is 12.3. The molecule has 3 rings (SSSR count). The van der Waals surface area contributed by atoms with Crippen molar-refractivity contribution in [3.63, 3.8) is 0 Å². The second-order valence-corrected chi connectivity index (χ2v) is 7.06. The Morgan fingerprint density at radius 3 is 2.43 bits per heavy atom. The minimum atomic E-state index is 0.593. The standard InChI is InChI=1S/C17H23Cl2NO/c18-14-8-4-9-15(19)17(14)21-12-20-11-5-10-16(20)13-6-2-1-3-7-13/h4,8-9,13,16H,1-3,5-7,10-12H2. The largest absolute Gasteiger partial charge is 0.475 e. The summed E-state index contributed by atoms with van der Waals surface area (Å²) < 4.78 is 5.93. The molecule has 1 aromatic carbocycles. The van der Waals surface area contributed by atoms with E-state index in [1.165, 1.54) is 44.9 Å². The van der Waals surface area contributed by atoms with Crippen molar-refractivity contribution in [2.24, 2.45) is 5.92 Å². The van der Waals surface area contributed by atoms with E-state index >= 15 is 0 Å². The van der Waals surface area contributed by atoms with Crippen LogP contribution in [0.5, 0.6) is 5.75 Å². The molecule has 1 saturated carbocycles.